The van der Waals surface area contributed by atoms with Crippen molar-refractivity contribution in [1.82, 2.24) is 10.2 Å². The molecule has 1 fully saturated rings. The molecule has 0 radical (unpaired) electrons. The van der Waals surface area contributed by atoms with Crippen molar-refractivity contribution in [3.63, 3.8) is 0 Å². The number of carbonyl (C=O) groups is 1. The van der Waals surface area contributed by atoms with Crippen LogP contribution in [0.5, 0.6) is 11.5 Å². The van der Waals surface area contributed by atoms with E-state index < -0.39 is 0 Å². The van der Waals surface area contributed by atoms with Gasteiger partial charge in [-0.25, -0.2) is 4.39 Å². The van der Waals surface area contributed by atoms with E-state index in [-0.39, 0.29) is 11.7 Å². The maximum absolute atomic E-state index is 13.1. The van der Waals surface area contributed by atoms with Gasteiger partial charge in [-0.3, -0.25) is 9.69 Å². The Bertz CT molecular complexity index is 900. The number of rotatable bonds is 9. The fraction of sp³-hybridized carbons (Fsp3) is 0.458. The summed E-state index contributed by atoms with van der Waals surface area (Å²) in [5.74, 6) is 0.820. The third-order valence-corrected chi connectivity index (χ3v) is 5.61. The van der Waals surface area contributed by atoms with Crippen LogP contribution in [0.25, 0.3) is 0 Å². The number of benzene rings is 2. The maximum Gasteiger partial charge on any atom is 0.251 e. The molecule has 1 saturated heterocycles. The van der Waals surface area contributed by atoms with Crippen LogP contribution in [0.2, 0.25) is 5.02 Å². The number of hydrogen-bond acceptors (Lipinski definition) is 5. The second-order valence-electron chi connectivity index (χ2n) is 8.26. The van der Waals surface area contributed by atoms with Crippen LogP contribution in [-0.2, 0) is 0 Å². The minimum Gasteiger partial charge on any atom is -0.493 e. The molecule has 0 aliphatic carbocycles. The van der Waals surface area contributed by atoms with E-state index in [1.807, 2.05) is 26.0 Å². The zero-order chi connectivity index (χ0) is 23.1. The van der Waals surface area contributed by atoms with Crippen molar-refractivity contribution in [1.29, 1.82) is 0 Å². The average molecular weight is 464 g/mol. The molecule has 0 saturated carbocycles. The van der Waals surface area contributed by atoms with E-state index in [0.29, 0.717) is 41.2 Å². The zero-order valence-electron chi connectivity index (χ0n) is 18.9. The van der Waals surface area contributed by atoms with Crippen LogP contribution in [0.4, 0.5) is 10.1 Å². The predicted octanol–water partition coefficient (Wildman–Crippen LogP) is 4.07. The minimum atomic E-state index is -0.222. The second-order valence-corrected chi connectivity index (χ2v) is 8.66. The molecule has 1 aliphatic rings. The minimum absolute atomic E-state index is 0.203. The van der Waals surface area contributed by atoms with Gasteiger partial charge in [-0.05, 0) is 42.3 Å². The van der Waals surface area contributed by atoms with Crippen molar-refractivity contribution in [3.8, 4) is 11.5 Å². The summed E-state index contributed by atoms with van der Waals surface area (Å²) in [4.78, 5) is 17.2. The summed E-state index contributed by atoms with van der Waals surface area (Å²) in [5, 5.41) is 3.31. The summed E-state index contributed by atoms with van der Waals surface area (Å²) in [6.45, 7) is 9.38. The normalized spacial score (nSPS) is 14.5. The zero-order valence-corrected chi connectivity index (χ0v) is 19.6. The van der Waals surface area contributed by atoms with E-state index in [1.165, 1.54) is 19.2 Å². The number of hydrogen-bond donors (Lipinski definition) is 1. The van der Waals surface area contributed by atoms with Gasteiger partial charge in [0.1, 0.15) is 5.82 Å². The first kappa shape index (κ1) is 24.1. The van der Waals surface area contributed by atoms with Crippen LogP contribution < -0.4 is 19.7 Å². The van der Waals surface area contributed by atoms with Crippen LogP contribution in [0.3, 0.4) is 0 Å². The van der Waals surface area contributed by atoms with Crippen LogP contribution in [0.1, 0.15) is 24.2 Å². The van der Waals surface area contributed by atoms with Gasteiger partial charge in [0.25, 0.3) is 5.91 Å². The molecule has 32 heavy (non-hydrogen) atoms. The first-order chi connectivity index (χ1) is 15.4. The van der Waals surface area contributed by atoms with Gasteiger partial charge in [0.05, 0.1) is 18.7 Å². The molecule has 174 valence electrons. The Morgan fingerprint density at radius 2 is 1.84 bits per heavy atom. The molecule has 2 aromatic rings. The highest BCUT2D eigenvalue weighted by Crippen LogP contribution is 2.36. The second kappa shape index (κ2) is 11.4. The molecule has 0 atom stereocenters. The van der Waals surface area contributed by atoms with Gasteiger partial charge in [-0.1, -0.05) is 25.4 Å². The monoisotopic (exact) mass is 463 g/mol. The highest BCUT2D eigenvalue weighted by molar-refractivity contribution is 6.32. The van der Waals surface area contributed by atoms with Gasteiger partial charge in [-0.2, -0.15) is 0 Å². The Balaban J connectivity index is 1.47. The summed E-state index contributed by atoms with van der Waals surface area (Å²) in [7, 11) is 1.53. The summed E-state index contributed by atoms with van der Waals surface area (Å²) in [6.07, 6.45) is 0. The number of anilines is 1. The van der Waals surface area contributed by atoms with Crippen molar-refractivity contribution in [2.24, 2.45) is 5.92 Å². The fourth-order valence-corrected chi connectivity index (χ4v) is 3.82. The standard InChI is InChI=1S/C24H31ClFN3O3/c1-17(2)16-32-23-21(25)14-18(15-22(23)31-3)24(30)27-8-9-28-10-12-29(13-11-28)20-6-4-19(26)5-7-20/h4-7,14-15,17H,8-13,16H2,1-3H3,(H,27,30). The van der Waals surface area contributed by atoms with Gasteiger partial charge >= 0.3 is 0 Å². The third-order valence-electron chi connectivity index (χ3n) is 5.33. The van der Waals surface area contributed by atoms with E-state index >= 15 is 0 Å². The lowest BCUT2D eigenvalue weighted by molar-refractivity contribution is 0.0947. The smallest absolute Gasteiger partial charge is 0.251 e. The Morgan fingerprint density at radius 1 is 1.16 bits per heavy atom. The lowest BCUT2D eigenvalue weighted by Gasteiger charge is -2.36. The van der Waals surface area contributed by atoms with E-state index in [9.17, 15) is 9.18 Å². The molecule has 3 rings (SSSR count). The molecule has 6 nitrogen and oxygen atoms in total. The molecule has 0 aromatic heterocycles. The van der Waals surface area contributed by atoms with Crippen LogP contribution in [0.15, 0.2) is 36.4 Å². The van der Waals surface area contributed by atoms with Crippen molar-refractivity contribution in [3.05, 3.63) is 52.8 Å². The largest absolute Gasteiger partial charge is 0.493 e. The van der Waals surface area contributed by atoms with E-state index in [0.717, 1.165) is 38.4 Å². The molecule has 0 spiro atoms. The quantitative estimate of drug-likeness (QED) is 0.607. The summed E-state index contributed by atoms with van der Waals surface area (Å²) >= 11 is 6.35. The SMILES string of the molecule is COc1cc(C(=O)NCCN2CCN(c3ccc(F)cc3)CC2)cc(Cl)c1OCC(C)C. The molecule has 0 unspecified atom stereocenters. The number of piperazine rings is 1. The highest BCUT2D eigenvalue weighted by atomic mass is 35.5. The first-order valence-electron chi connectivity index (χ1n) is 10.9. The fourth-order valence-electron chi connectivity index (χ4n) is 3.55. The summed E-state index contributed by atoms with van der Waals surface area (Å²) in [5.41, 5.74) is 1.47. The van der Waals surface area contributed by atoms with Crippen molar-refractivity contribution >= 4 is 23.2 Å². The van der Waals surface area contributed by atoms with Crippen molar-refractivity contribution < 1.29 is 18.7 Å². The Hall–Kier alpha value is -2.51. The Morgan fingerprint density at radius 3 is 2.47 bits per heavy atom. The van der Waals surface area contributed by atoms with Crippen LogP contribution in [-0.4, -0.2) is 63.8 Å². The molecule has 2 aromatic carbocycles. The summed E-state index contributed by atoms with van der Waals surface area (Å²) < 4.78 is 24.2. The number of nitrogens with one attached hydrogen (secondary N) is 1. The van der Waals surface area contributed by atoms with Gasteiger partial charge < -0.3 is 19.7 Å². The highest BCUT2D eigenvalue weighted by Gasteiger charge is 2.19. The number of ether oxygens (including phenoxy) is 2. The average Bonchev–Trinajstić information content (AvgIpc) is 2.78. The van der Waals surface area contributed by atoms with Crippen molar-refractivity contribution in [2.45, 2.75) is 13.8 Å². The Labute approximate surface area is 194 Å². The molecule has 1 aliphatic heterocycles. The van der Waals surface area contributed by atoms with Crippen LogP contribution >= 0.6 is 11.6 Å². The Kier molecular flexibility index (Phi) is 8.59. The van der Waals surface area contributed by atoms with Gasteiger partial charge in [-0.15, -0.1) is 0 Å². The molecule has 1 heterocycles. The number of carbonyl (C=O) groups excluding carboxylic acids is 1. The summed E-state index contributed by atoms with van der Waals surface area (Å²) in [6, 6.07) is 9.85. The molecule has 8 heteroatoms. The van der Waals surface area contributed by atoms with Crippen molar-refractivity contribution in [2.75, 3.05) is 57.9 Å². The third kappa shape index (κ3) is 6.50. The first-order valence-corrected chi connectivity index (χ1v) is 11.3. The van der Waals surface area contributed by atoms with E-state index in [1.54, 1.807) is 12.1 Å². The number of halogens is 2. The molecule has 1 amide bonds. The van der Waals surface area contributed by atoms with Crippen LogP contribution in [0, 0.1) is 11.7 Å². The maximum atomic E-state index is 13.1. The lowest BCUT2D eigenvalue weighted by Crippen LogP contribution is -2.48. The number of amides is 1. The predicted molar refractivity (Wildman–Crippen MR) is 126 cm³/mol. The molecule has 0 bridgehead atoms. The van der Waals surface area contributed by atoms with E-state index in [2.05, 4.69) is 15.1 Å². The van der Waals surface area contributed by atoms with E-state index in [4.69, 9.17) is 21.1 Å². The van der Waals surface area contributed by atoms with Gasteiger partial charge in [0.15, 0.2) is 11.5 Å². The topological polar surface area (TPSA) is 54.0 Å². The molecule has 1 N–H and O–H groups in total. The lowest BCUT2D eigenvalue weighted by atomic mass is 10.1. The number of methoxy groups -OCH3 is 1. The van der Waals surface area contributed by atoms with Gasteiger partial charge in [0, 0.05) is 50.5 Å². The number of nitrogens with zero attached hydrogens (tertiary/aromatic N) is 2. The molecular formula is C24H31ClFN3O3. The van der Waals surface area contributed by atoms with Gasteiger partial charge in [0.2, 0.25) is 0 Å². The molecular weight excluding hydrogens is 433 g/mol.